The van der Waals surface area contributed by atoms with Gasteiger partial charge in [-0.05, 0) is 75.2 Å². The van der Waals surface area contributed by atoms with Gasteiger partial charge in [0, 0.05) is 6.04 Å². The highest BCUT2D eigenvalue weighted by molar-refractivity contribution is 6.04. The van der Waals surface area contributed by atoms with Crippen LogP contribution in [0.15, 0.2) is 24.3 Å². The third-order valence-corrected chi connectivity index (χ3v) is 5.24. The molecule has 0 aromatic heterocycles. The molecule has 114 valence electrons. The lowest BCUT2D eigenvalue weighted by Gasteiger charge is -2.33. The van der Waals surface area contributed by atoms with Crippen molar-refractivity contribution < 1.29 is 0 Å². The van der Waals surface area contributed by atoms with Crippen molar-refractivity contribution in [3.63, 3.8) is 0 Å². The lowest BCUT2D eigenvalue weighted by molar-refractivity contribution is 0.261. The van der Waals surface area contributed by atoms with Gasteiger partial charge in [-0.2, -0.15) is 0 Å². The van der Waals surface area contributed by atoms with E-state index in [1.807, 2.05) is 9.62 Å². The van der Waals surface area contributed by atoms with Crippen LogP contribution >= 0.6 is 0 Å². The highest BCUT2D eigenvalue weighted by atomic mass is 15.1. The van der Waals surface area contributed by atoms with Crippen molar-refractivity contribution in [2.45, 2.75) is 51.0 Å². The van der Waals surface area contributed by atoms with E-state index >= 15 is 0 Å². The highest BCUT2D eigenvalue weighted by Gasteiger charge is 2.19. The molecule has 0 amide bonds. The van der Waals surface area contributed by atoms with Crippen LogP contribution in [0.25, 0.3) is 0 Å². The fraction of sp³-hybridized carbons (Fsp3) is 0.667. The molecule has 2 saturated heterocycles. The average Bonchev–Trinajstić information content (AvgIpc) is 2.52. The lowest BCUT2D eigenvalue weighted by Crippen LogP contribution is -2.38. The van der Waals surface area contributed by atoms with Crippen LogP contribution < -0.4 is 0 Å². The maximum absolute atomic E-state index is 6.11. The van der Waals surface area contributed by atoms with Crippen LogP contribution in [0, 0.1) is 5.92 Å². The molecule has 2 nitrogen and oxygen atoms in total. The van der Waals surface area contributed by atoms with Crippen molar-refractivity contribution in [3.05, 3.63) is 35.4 Å². The third-order valence-electron chi connectivity index (χ3n) is 5.24. The van der Waals surface area contributed by atoms with E-state index in [0.29, 0.717) is 12.0 Å². The predicted molar refractivity (Wildman–Crippen MR) is 94.0 cm³/mol. The summed E-state index contributed by atoms with van der Waals surface area (Å²) in [6.45, 7) is 3.12. The summed E-state index contributed by atoms with van der Waals surface area (Å²) >= 11 is 0. The van der Waals surface area contributed by atoms with Gasteiger partial charge in [0.25, 0.3) is 0 Å². The molecular formula is C18H26B2N2. The Morgan fingerprint density at radius 2 is 1.59 bits per heavy atom. The first-order chi connectivity index (χ1) is 10.7. The van der Waals surface area contributed by atoms with Crippen LogP contribution in [0.1, 0.15) is 43.2 Å². The molecule has 2 aliphatic rings. The Labute approximate surface area is 138 Å². The van der Waals surface area contributed by atoms with Crippen molar-refractivity contribution in [3.8, 4) is 0 Å². The maximum Gasteiger partial charge on any atom is 0.182 e. The second-order valence-electron chi connectivity index (χ2n) is 7.12. The molecular weight excluding hydrogens is 266 g/mol. The lowest BCUT2D eigenvalue weighted by atomic mass is 9.89. The molecule has 0 bridgehead atoms. The topological polar surface area (TPSA) is 6.48 Å². The van der Waals surface area contributed by atoms with Crippen LogP contribution in [-0.2, 0) is 12.8 Å². The van der Waals surface area contributed by atoms with Gasteiger partial charge >= 0.3 is 0 Å². The Balaban J connectivity index is 1.53. The largest absolute Gasteiger partial charge is 0.353 e. The molecule has 4 heteroatoms. The normalized spacial score (nSPS) is 27.8. The van der Waals surface area contributed by atoms with E-state index in [-0.39, 0.29) is 0 Å². The summed E-state index contributed by atoms with van der Waals surface area (Å²) < 4.78 is 0. The van der Waals surface area contributed by atoms with Crippen LogP contribution in [0.4, 0.5) is 0 Å². The van der Waals surface area contributed by atoms with Gasteiger partial charge < -0.3 is 9.62 Å². The zero-order valence-corrected chi connectivity index (χ0v) is 13.6. The number of hydrogen-bond acceptors (Lipinski definition) is 2. The molecule has 4 radical (unpaired) electrons. The van der Waals surface area contributed by atoms with Crippen molar-refractivity contribution in [1.82, 2.24) is 9.62 Å². The van der Waals surface area contributed by atoms with Gasteiger partial charge in [0.05, 0.1) is 0 Å². The molecule has 0 spiro atoms. The van der Waals surface area contributed by atoms with Crippen molar-refractivity contribution >= 4 is 16.0 Å². The SMILES string of the molecule is [B]N1CCCC(Cc2ccc(CC3CCCCN3[B])cc2)C1. The highest BCUT2D eigenvalue weighted by Crippen LogP contribution is 2.22. The van der Waals surface area contributed by atoms with E-state index in [4.69, 9.17) is 16.0 Å². The molecule has 1 aromatic carbocycles. The zero-order chi connectivity index (χ0) is 15.4. The van der Waals surface area contributed by atoms with E-state index in [1.165, 1.54) is 43.2 Å². The van der Waals surface area contributed by atoms with E-state index < -0.39 is 0 Å². The molecule has 2 heterocycles. The summed E-state index contributed by atoms with van der Waals surface area (Å²) in [6, 6.07) is 9.70. The van der Waals surface area contributed by atoms with Gasteiger partial charge in [-0.25, -0.2) is 0 Å². The molecule has 0 saturated carbocycles. The van der Waals surface area contributed by atoms with E-state index in [0.717, 1.165) is 32.5 Å². The smallest absolute Gasteiger partial charge is 0.182 e. The van der Waals surface area contributed by atoms with Gasteiger partial charge in [0.15, 0.2) is 16.0 Å². The molecule has 2 aliphatic heterocycles. The second kappa shape index (κ2) is 7.70. The summed E-state index contributed by atoms with van der Waals surface area (Å²) in [4.78, 5) is 4.01. The molecule has 2 atom stereocenters. The molecule has 22 heavy (non-hydrogen) atoms. The molecule has 0 N–H and O–H groups in total. The van der Waals surface area contributed by atoms with E-state index in [1.54, 1.807) is 0 Å². The summed E-state index contributed by atoms with van der Waals surface area (Å²) in [6.07, 6.45) is 8.55. The zero-order valence-electron chi connectivity index (χ0n) is 13.6. The van der Waals surface area contributed by atoms with Crippen LogP contribution in [0.3, 0.4) is 0 Å². The summed E-state index contributed by atoms with van der Waals surface area (Å²) in [5, 5.41) is 0. The molecule has 2 unspecified atom stereocenters. The van der Waals surface area contributed by atoms with Crippen molar-refractivity contribution in [1.29, 1.82) is 0 Å². The Morgan fingerprint density at radius 3 is 2.27 bits per heavy atom. The summed E-state index contributed by atoms with van der Waals surface area (Å²) in [7, 11) is 12.0. The Bertz CT molecular complexity index is 463. The molecule has 2 fully saturated rings. The molecule has 3 rings (SSSR count). The van der Waals surface area contributed by atoms with Gasteiger partial charge in [-0.3, -0.25) is 0 Å². The minimum atomic E-state index is 0.517. The number of hydrogen-bond donors (Lipinski definition) is 0. The predicted octanol–water partition coefficient (Wildman–Crippen LogP) is 2.51. The summed E-state index contributed by atoms with van der Waals surface area (Å²) in [5.74, 6) is 0.711. The van der Waals surface area contributed by atoms with E-state index in [2.05, 4.69) is 24.3 Å². The number of nitrogens with zero attached hydrogens (tertiary/aromatic N) is 2. The minimum absolute atomic E-state index is 0.517. The van der Waals surface area contributed by atoms with Crippen LogP contribution in [0.5, 0.6) is 0 Å². The van der Waals surface area contributed by atoms with Crippen LogP contribution in [-0.4, -0.2) is 51.3 Å². The van der Waals surface area contributed by atoms with Crippen molar-refractivity contribution in [2.24, 2.45) is 5.92 Å². The fourth-order valence-electron chi connectivity index (χ4n) is 3.92. The standard InChI is InChI=1S/C18H26B2N2/c19-21-10-3-4-17(14-21)12-15-6-8-16(9-7-15)13-18-5-1-2-11-22(18)20/h6-9,17-18H,1-5,10-14H2. The Morgan fingerprint density at radius 1 is 0.864 bits per heavy atom. The average molecular weight is 292 g/mol. The fourth-order valence-corrected chi connectivity index (χ4v) is 3.92. The molecule has 1 aromatic rings. The van der Waals surface area contributed by atoms with Crippen LogP contribution in [0.2, 0.25) is 0 Å². The first-order valence-electron chi connectivity index (χ1n) is 8.79. The van der Waals surface area contributed by atoms with Gasteiger partial charge in [0.2, 0.25) is 0 Å². The Hall–Kier alpha value is -0.730. The van der Waals surface area contributed by atoms with Gasteiger partial charge in [-0.1, -0.05) is 30.7 Å². The third kappa shape index (κ3) is 4.39. The quantitative estimate of drug-likeness (QED) is 0.787. The maximum atomic E-state index is 6.11. The first kappa shape index (κ1) is 16.1. The minimum Gasteiger partial charge on any atom is -0.353 e. The van der Waals surface area contributed by atoms with E-state index in [9.17, 15) is 0 Å². The number of benzene rings is 1. The Kier molecular flexibility index (Phi) is 5.65. The van der Waals surface area contributed by atoms with Crippen molar-refractivity contribution in [2.75, 3.05) is 19.6 Å². The number of rotatable bonds is 4. The first-order valence-corrected chi connectivity index (χ1v) is 8.79. The number of piperidine rings is 2. The monoisotopic (exact) mass is 292 g/mol. The van der Waals surface area contributed by atoms with Gasteiger partial charge in [-0.15, -0.1) is 0 Å². The summed E-state index contributed by atoms with van der Waals surface area (Å²) in [5.41, 5.74) is 2.85. The van der Waals surface area contributed by atoms with Gasteiger partial charge in [0.1, 0.15) is 0 Å². The second-order valence-corrected chi connectivity index (χ2v) is 7.12. The molecule has 0 aliphatic carbocycles.